The number of carbonyl (C=O) groups is 2. The van der Waals surface area contributed by atoms with E-state index in [1.165, 1.54) is 23.8 Å². The molecule has 0 spiro atoms. The summed E-state index contributed by atoms with van der Waals surface area (Å²) in [5.74, 6) is -0.536. The lowest BCUT2D eigenvalue weighted by molar-refractivity contribution is 0.0691. The Kier molecular flexibility index (Phi) is 4.72. The smallest absolute Gasteiger partial charge is 0.355 e. The molecule has 0 saturated heterocycles. The van der Waals surface area contributed by atoms with Crippen LogP contribution in [0.3, 0.4) is 0 Å². The van der Waals surface area contributed by atoms with Crippen LogP contribution in [0.25, 0.3) is 0 Å². The zero-order chi connectivity index (χ0) is 15.2. The first-order chi connectivity index (χ1) is 10.1. The number of thiazole rings is 1. The lowest BCUT2D eigenvalue weighted by Crippen LogP contribution is -2.28. The third-order valence-electron chi connectivity index (χ3n) is 2.53. The number of aromatic carboxylic acids is 1. The molecule has 0 radical (unpaired) electrons. The maximum atomic E-state index is 11.8. The van der Waals surface area contributed by atoms with E-state index in [-0.39, 0.29) is 12.2 Å². The Bertz CT molecular complexity index is 656. The van der Waals surface area contributed by atoms with Crippen molar-refractivity contribution < 1.29 is 19.4 Å². The summed E-state index contributed by atoms with van der Waals surface area (Å²) in [7, 11) is 1.52. The molecule has 0 aliphatic heterocycles. The molecule has 0 saturated carbocycles. The molecule has 0 aliphatic rings. The van der Waals surface area contributed by atoms with E-state index < -0.39 is 12.0 Å². The van der Waals surface area contributed by atoms with Gasteiger partial charge in [0.25, 0.3) is 0 Å². The van der Waals surface area contributed by atoms with E-state index in [1.54, 1.807) is 24.3 Å². The zero-order valence-corrected chi connectivity index (χ0v) is 11.9. The van der Waals surface area contributed by atoms with Crippen molar-refractivity contribution in [3.63, 3.8) is 0 Å². The van der Waals surface area contributed by atoms with Gasteiger partial charge in [-0.25, -0.2) is 14.6 Å². The number of anilines is 1. The van der Waals surface area contributed by atoms with Crippen LogP contribution in [0.5, 0.6) is 5.75 Å². The standard InChI is InChI=1S/C13H13N3O4S/c1-20-10-5-3-2-4-8(10)16-13(19)14-6-11-15-9(7-21-11)12(17)18/h2-5,7H,6H2,1H3,(H,17,18)(H2,14,16,19). The lowest BCUT2D eigenvalue weighted by atomic mass is 10.3. The normalized spacial score (nSPS) is 9.95. The van der Waals surface area contributed by atoms with Crippen LogP contribution < -0.4 is 15.4 Å². The Morgan fingerprint density at radius 1 is 1.38 bits per heavy atom. The topological polar surface area (TPSA) is 101 Å². The van der Waals surface area contributed by atoms with Gasteiger partial charge in [0.15, 0.2) is 5.69 Å². The summed E-state index contributed by atoms with van der Waals surface area (Å²) < 4.78 is 5.12. The molecule has 2 amide bonds. The number of aromatic nitrogens is 1. The van der Waals surface area contributed by atoms with E-state index in [2.05, 4.69) is 15.6 Å². The van der Waals surface area contributed by atoms with Crippen molar-refractivity contribution in [2.75, 3.05) is 12.4 Å². The van der Waals surface area contributed by atoms with Crippen molar-refractivity contribution >= 4 is 29.0 Å². The predicted octanol–water partition coefficient (Wildman–Crippen LogP) is 2.17. The monoisotopic (exact) mass is 307 g/mol. The molecular formula is C13H13N3O4S. The minimum absolute atomic E-state index is 0.0260. The highest BCUT2D eigenvalue weighted by Crippen LogP contribution is 2.22. The van der Waals surface area contributed by atoms with Crippen LogP contribution in [0.4, 0.5) is 10.5 Å². The quantitative estimate of drug-likeness (QED) is 0.786. The van der Waals surface area contributed by atoms with Gasteiger partial charge in [0.2, 0.25) is 0 Å². The molecule has 0 aliphatic carbocycles. The minimum Gasteiger partial charge on any atom is -0.495 e. The summed E-state index contributed by atoms with van der Waals surface area (Å²) in [4.78, 5) is 26.3. The maximum absolute atomic E-state index is 11.8. The third-order valence-corrected chi connectivity index (χ3v) is 3.38. The number of nitrogens with one attached hydrogen (secondary N) is 2. The van der Waals surface area contributed by atoms with Gasteiger partial charge in [-0.05, 0) is 12.1 Å². The van der Waals surface area contributed by atoms with Gasteiger partial charge in [-0.2, -0.15) is 0 Å². The predicted molar refractivity (Wildman–Crippen MR) is 77.9 cm³/mol. The molecule has 2 rings (SSSR count). The first-order valence-electron chi connectivity index (χ1n) is 5.95. The second-order valence-corrected chi connectivity index (χ2v) is 4.88. The number of ether oxygens (including phenoxy) is 1. The Balaban J connectivity index is 1.91. The van der Waals surface area contributed by atoms with Crippen molar-refractivity contribution in [2.45, 2.75) is 6.54 Å². The Hall–Kier alpha value is -2.61. The fourth-order valence-electron chi connectivity index (χ4n) is 1.56. The summed E-state index contributed by atoms with van der Waals surface area (Å²) >= 11 is 1.17. The fraction of sp³-hybridized carbons (Fsp3) is 0.154. The summed E-state index contributed by atoms with van der Waals surface area (Å²) in [6.07, 6.45) is 0. The molecule has 1 heterocycles. The summed E-state index contributed by atoms with van der Waals surface area (Å²) in [6, 6.07) is 6.59. The van der Waals surface area contributed by atoms with Gasteiger partial charge in [-0.3, -0.25) is 0 Å². The summed E-state index contributed by atoms with van der Waals surface area (Å²) in [5, 5.41) is 16.0. The van der Waals surface area contributed by atoms with Crippen LogP contribution in [-0.2, 0) is 6.54 Å². The molecule has 7 nitrogen and oxygen atoms in total. The lowest BCUT2D eigenvalue weighted by Gasteiger charge is -2.10. The molecule has 110 valence electrons. The fourth-order valence-corrected chi connectivity index (χ4v) is 2.27. The number of urea groups is 1. The second kappa shape index (κ2) is 6.71. The van der Waals surface area contributed by atoms with E-state index in [0.29, 0.717) is 16.4 Å². The van der Waals surface area contributed by atoms with Crippen LogP contribution in [0.15, 0.2) is 29.6 Å². The number of para-hydroxylation sites is 2. The number of rotatable bonds is 5. The van der Waals surface area contributed by atoms with Crippen molar-refractivity contribution in [2.24, 2.45) is 0 Å². The molecular weight excluding hydrogens is 294 g/mol. The van der Waals surface area contributed by atoms with E-state index in [1.807, 2.05) is 0 Å². The highest BCUT2D eigenvalue weighted by Gasteiger charge is 2.10. The minimum atomic E-state index is -1.09. The number of carboxylic acids is 1. The summed E-state index contributed by atoms with van der Waals surface area (Å²) in [5.41, 5.74) is 0.518. The average Bonchev–Trinajstić information content (AvgIpc) is 2.95. The van der Waals surface area contributed by atoms with E-state index >= 15 is 0 Å². The highest BCUT2D eigenvalue weighted by atomic mass is 32.1. The van der Waals surface area contributed by atoms with Gasteiger partial charge in [-0.15, -0.1) is 11.3 Å². The second-order valence-electron chi connectivity index (χ2n) is 3.94. The SMILES string of the molecule is COc1ccccc1NC(=O)NCc1nc(C(=O)O)cs1. The van der Waals surface area contributed by atoms with E-state index in [0.717, 1.165) is 0 Å². The first kappa shape index (κ1) is 14.8. The molecule has 0 unspecified atom stereocenters. The number of hydrogen-bond acceptors (Lipinski definition) is 5. The third kappa shape index (κ3) is 3.93. The molecule has 2 aromatic rings. The van der Waals surface area contributed by atoms with Gasteiger partial charge < -0.3 is 20.5 Å². The van der Waals surface area contributed by atoms with Crippen molar-refractivity contribution in [1.82, 2.24) is 10.3 Å². The van der Waals surface area contributed by atoms with Gasteiger partial charge in [-0.1, -0.05) is 12.1 Å². The van der Waals surface area contributed by atoms with E-state index in [9.17, 15) is 9.59 Å². The van der Waals surface area contributed by atoms with Gasteiger partial charge in [0, 0.05) is 5.38 Å². The number of amides is 2. The molecule has 3 N–H and O–H groups in total. The first-order valence-corrected chi connectivity index (χ1v) is 6.83. The van der Waals surface area contributed by atoms with Crippen LogP contribution >= 0.6 is 11.3 Å². The number of hydrogen-bond donors (Lipinski definition) is 3. The number of carbonyl (C=O) groups excluding carboxylic acids is 1. The molecule has 21 heavy (non-hydrogen) atoms. The van der Waals surface area contributed by atoms with Crippen molar-refractivity contribution in [3.8, 4) is 5.75 Å². The zero-order valence-electron chi connectivity index (χ0n) is 11.1. The van der Waals surface area contributed by atoms with Crippen LogP contribution in [0, 0.1) is 0 Å². The number of carboxylic acid groups (broad SMARTS) is 1. The highest BCUT2D eigenvalue weighted by molar-refractivity contribution is 7.09. The molecule has 0 atom stereocenters. The number of methoxy groups -OCH3 is 1. The van der Waals surface area contributed by atoms with Crippen LogP contribution in [-0.4, -0.2) is 29.2 Å². The molecule has 0 bridgehead atoms. The van der Waals surface area contributed by atoms with Gasteiger partial charge in [0.1, 0.15) is 10.8 Å². The number of benzene rings is 1. The van der Waals surface area contributed by atoms with E-state index in [4.69, 9.17) is 9.84 Å². The van der Waals surface area contributed by atoms with Gasteiger partial charge in [0.05, 0.1) is 19.3 Å². The van der Waals surface area contributed by atoms with Crippen molar-refractivity contribution in [1.29, 1.82) is 0 Å². The van der Waals surface area contributed by atoms with Crippen molar-refractivity contribution in [3.05, 3.63) is 40.3 Å². The van der Waals surface area contributed by atoms with Crippen LogP contribution in [0.2, 0.25) is 0 Å². The Morgan fingerprint density at radius 3 is 2.81 bits per heavy atom. The molecule has 8 heteroatoms. The molecule has 1 aromatic heterocycles. The molecule has 0 fully saturated rings. The Morgan fingerprint density at radius 2 is 2.14 bits per heavy atom. The number of nitrogens with zero attached hydrogens (tertiary/aromatic N) is 1. The van der Waals surface area contributed by atoms with Crippen LogP contribution in [0.1, 0.15) is 15.5 Å². The molecule has 1 aromatic carbocycles. The Labute approximate surface area is 124 Å². The van der Waals surface area contributed by atoms with Gasteiger partial charge >= 0.3 is 12.0 Å². The maximum Gasteiger partial charge on any atom is 0.355 e. The summed E-state index contributed by atoms with van der Waals surface area (Å²) in [6.45, 7) is 0.152. The largest absolute Gasteiger partial charge is 0.495 e. The average molecular weight is 307 g/mol.